The van der Waals surface area contributed by atoms with Crippen LogP contribution in [0.2, 0.25) is 5.02 Å². The molecule has 0 saturated heterocycles. The second kappa shape index (κ2) is 5.71. The first kappa shape index (κ1) is 13.4. The SMILES string of the molecule is COc1ccc(Cl)cc1C(=O)NC(C)c1ncn[nH]1. The largest absolute Gasteiger partial charge is 0.496 e. The molecule has 2 N–H and O–H groups in total. The van der Waals surface area contributed by atoms with Crippen molar-refractivity contribution >= 4 is 17.5 Å². The Kier molecular flexibility index (Phi) is 4.01. The van der Waals surface area contributed by atoms with Crippen molar-refractivity contribution in [3.05, 3.63) is 40.9 Å². The van der Waals surface area contributed by atoms with E-state index < -0.39 is 0 Å². The number of aromatic amines is 1. The Morgan fingerprint density at radius 2 is 2.32 bits per heavy atom. The van der Waals surface area contributed by atoms with Crippen LogP contribution in [0.25, 0.3) is 0 Å². The van der Waals surface area contributed by atoms with Crippen LogP contribution < -0.4 is 10.1 Å². The zero-order valence-electron chi connectivity index (χ0n) is 10.5. The lowest BCUT2D eigenvalue weighted by atomic mass is 10.1. The average molecular weight is 281 g/mol. The van der Waals surface area contributed by atoms with Gasteiger partial charge in [0, 0.05) is 5.02 Å². The first-order chi connectivity index (χ1) is 9.11. The summed E-state index contributed by atoms with van der Waals surface area (Å²) in [4.78, 5) is 16.2. The van der Waals surface area contributed by atoms with Crippen molar-refractivity contribution in [1.29, 1.82) is 0 Å². The molecule has 1 aromatic heterocycles. The normalized spacial score (nSPS) is 11.9. The first-order valence-corrected chi connectivity index (χ1v) is 5.99. The lowest BCUT2D eigenvalue weighted by Crippen LogP contribution is -2.27. The summed E-state index contributed by atoms with van der Waals surface area (Å²) < 4.78 is 5.14. The number of H-pyrrole nitrogens is 1. The number of ether oxygens (including phenoxy) is 1. The number of hydrogen-bond donors (Lipinski definition) is 2. The van der Waals surface area contributed by atoms with E-state index in [4.69, 9.17) is 16.3 Å². The molecule has 6 nitrogen and oxygen atoms in total. The molecule has 1 atom stereocenters. The molecule has 100 valence electrons. The molecule has 0 aliphatic carbocycles. The van der Waals surface area contributed by atoms with E-state index in [1.807, 2.05) is 0 Å². The van der Waals surface area contributed by atoms with Crippen molar-refractivity contribution in [1.82, 2.24) is 20.5 Å². The third-order valence-electron chi connectivity index (χ3n) is 2.60. The van der Waals surface area contributed by atoms with Gasteiger partial charge in [0.1, 0.15) is 17.9 Å². The van der Waals surface area contributed by atoms with Crippen molar-refractivity contribution in [3.8, 4) is 5.75 Å². The van der Waals surface area contributed by atoms with Gasteiger partial charge in [-0.3, -0.25) is 9.89 Å². The van der Waals surface area contributed by atoms with E-state index in [0.29, 0.717) is 22.2 Å². The van der Waals surface area contributed by atoms with Gasteiger partial charge >= 0.3 is 0 Å². The van der Waals surface area contributed by atoms with Gasteiger partial charge in [-0.1, -0.05) is 11.6 Å². The molecule has 0 radical (unpaired) electrons. The molecule has 0 bridgehead atoms. The fourth-order valence-corrected chi connectivity index (χ4v) is 1.80. The van der Waals surface area contributed by atoms with Gasteiger partial charge in [-0.25, -0.2) is 4.98 Å². The van der Waals surface area contributed by atoms with E-state index in [0.717, 1.165) is 0 Å². The number of halogens is 1. The molecule has 1 amide bonds. The minimum Gasteiger partial charge on any atom is -0.496 e. The zero-order chi connectivity index (χ0) is 13.8. The van der Waals surface area contributed by atoms with Gasteiger partial charge in [-0.15, -0.1) is 0 Å². The van der Waals surface area contributed by atoms with Crippen LogP contribution in [0.1, 0.15) is 29.1 Å². The Labute approximate surface area is 115 Å². The summed E-state index contributed by atoms with van der Waals surface area (Å²) in [5, 5.41) is 9.70. The van der Waals surface area contributed by atoms with Crippen molar-refractivity contribution in [2.45, 2.75) is 13.0 Å². The Bertz CT molecular complexity index is 571. The topological polar surface area (TPSA) is 79.9 Å². The number of carbonyl (C=O) groups is 1. The number of carbonyl (C=O) groups excluding carboxylic acids is 1. The van der Waals surface area contributed by atoms with E-state index in [9.17, 15) is 4.79 Å². The summed E-state index contributed by atoms with van der Waals surface area (Å²) in [5.41, 5.74) is 0.376. The molecule has 0 aliphatic rings. The van der Waals surface area contributed by atoms with Crippen LogP contribution in [0.3, 0.4) is 0 Å². The van der Waals surface area contributed by atoms with Crippen LogP contribution in [0.4, 0.5) is 0 Å². The van der Waals surface area contributed by atoms with Crippen molar-refractivity contribution in [2.24, 2.45) is 0 Å². The smallest absolute Gasteiger partial charge is 0.255 e. The van der Waals surface area contributed by atoms with Crippen LogP contribution in [-0.2, 0) is 0 Å². The summed E-state index contributed by atoms with van der Waals surface area (Å²) in [6.07, 6.45) is 1.39. The number of aromatic nitrogens is 3. The lowest BCUT2D eigenvalue weighted by Gasteiger charge is -2.13. The van der Waals surface area contributed by atoms with Gasteiger partial charge in [-0.2, -0.15) is 5.10 Å². The number of benzene rings is 1. The molecular formula is C12H13ClN4O2. The quantitative estimate of drug-likeness (QED) is 0.897. The summed E-state index contributed by atoms with van der Waals surface area (Å²) in [6, 6.07) is 4.58. The highest BCUT2D eigenvalue weighted by Crippen LogP contribution is 2.23. The van der Waals surface area contributed by atoms with Gasteiger partial charge in [-0.05, 0) is 25.1 Å². The summed E-state index contributed by atoms with van der Waals surface area (Å²) in [6.45, 7) is 1.80. The van der Waals surface area contributed by atoms with E-state index in [2.05, 4.69) is 20.5 Å². The molecule has 7 heteroatoms. The average Bonchev–Trinajstić information content (AvgIpc) is 2.92. The van der Waals surface area contributed by atoms with Gasteiger partial charge in [0.15, 0.2) is 0 Å². The minimum atomic E-state index is -0.293. The first-order valence-electron chi connectivity index (χ1n) is 5.61. The van der Waals surface area contributed by atoms with Gasteiger partial charge < -0.3 is 10.1 Å². The summed E-state index contributed by atoms with van der Waals surface area (Å²) >= 11 is 5.89. The molecule has 0 aliphatic heterocycles. The second-order valence-electron chi connectivity index (χ2n) is 3.91. The Morgan fingerprint density at radius 1 is 1.53 bits per heavy atom. The van der Waals surface area contributed by atoms with Crippen LogP contribution in [-0.4, -0.2) is 28.2 Å². The maximum Gasteiger partial charge on any atom is 0.255 e. The van der Waals surface area contributed by atoms with Crippen LogP contribution in [0.5, 0.6) is 5.75 Å². The summed E-state index contributed by atoms with van der Waals surface area (Å²) in [5.74, 6) is 0.754. The van der Waals surface area contributed by atoms with Crippen molar-refractivity contribution < 1.29 is 9.53 Å². The molecule has 1 unspecified atom stereocenters. The monoisotopic (exact) mass is 280 g/mol. The fraction of sp³-hybridized carbons (Fsp3) is 0.250. The van der Waals surface area contributed by atoms with E-state index >= 15 is 0 Å². The van der Waals surface area contributed by atoms with Crippen molar-refractivity contribution in [2.75, 3.05) is 7.11 Å². The fourth-order valence-electron chi connectivity index (χ4n) is 1.62. The number of rotatable bonds is 4. The predicted molar refractivity (Wildman–Crippen MR) is 70.3 cm³/mol. The molecule has 1 heterocycles. The van der Waals surface area contributed by atoms with Crippen molar-refractivity contribution in [3.63, 3.8) is 0 Å². The lowest BCUT2D eigenvalue weighted by molar-refractivity contribution is 0.0935. The predicted octanol–water partition coefficient (Wildman–Crippen LogP) is 1.96. The zero-order valence-corrected chi connectivity index (χ0v) is 11.2. The Hall–Kier alpha value is -2.08. The molecule has 0 fully saturated rings. The highest BCUT2D eigenvalue weighted by Gasteiger charge is 2.17. The van der Waals surface area contributed by atoms with Crippen LogP contribution in [0.15, 0.2) is 24.5 Å². The van der Waals surface area contributed by atoms with E-state index in [-0.39, 0.29) is 11.9 Å². The molecule has 1 aromatic carbocycles. The number of nitrogens with zero attached hydrogens (tertiary/aromatic N) is 2. The third kappa shape index (κ3) is 3.03. The van der Waals surface area contributed by atoms with E-state index in [1.165, 1.54) is 13.4 Å². The van der Waals surface area contributed by atoms with E-state index in [1.54, 1.807) is 25.1 Å². The number of amides is 1. The standard InChI is InChI=1S/C12H13ClN4O2/c1-7(11-14-6-15-17-11)16-12(18)9-5-8(13)3-4-10(9)19-2/h3-7H,1-2H3,(H,16,18)(H,14,15,17). The molecular weight excluding hydrogens is 268 g/mol. The summed E-state index contributed by atoms with van der Waals surface area (Å²) in [7, 11) is 1.50. The Balaban J connectivity index is 2.18. The highest BCUT2D eigenvalue weighted by atomic mass is 35.5. The van der Waals surface area contributed by atoms with Crippen LogP contribution in [0, 0.1) is 0 Å². The molecule has 2 rings (SSSR count). The maximum absolute atomic E-state index is 12.2. The number of methoxy groups -OCH3 is 1. The molecule has 0 spiro atoms. The van der Waals surface area contributed by atoms with Gasteiger partial charge in [0.25, 0.3) is 5.91 Å². The molecule has 0 saturated carbocycles. The molecule has 2 aromatic rings. The highest BCUT2D eigenvalue weighted by molar-refractivity contribution is 6.31. The second-order valence-corrected chi connectivity index (χ2v) is 4.35. The van der Waals surface area contributed by atoms with Crippen LogP contribution >= 0.6 is 11.6 Å². The third-order valence-corrected chi connectivity index (χ3v) is 2.83. The van der Waals surface area contributed by atoms with Gasteiger partial charge in [0.2, 0.25) is 0 Å². The van der Waals surface area contributed by atoms with Gasteiger partial charge in [0.05, 0.1) is 18.7 Å². The number of nitrogens with one attached hydrogen (secondary N) is 2. The maximum atomic E-state index is 12.2. The molecule has 19 heavy (non-hydrogen) atoms. The Morgan fingerprint density at radius 3 is 2.95 bits per heavy atom. The number of hydrogen-bond acceptors (Lipinski definition) is 4. The minimum absolute atomic E-state index is 0.289.